The second-order valence-corrected chi connectivity index (χ2v) is 8.15. The number of nitrogens with one attached hydrogen (secondary N) is 1. The predicted molar refractivity (Wildman–Crippen MR) is 103 cm³/mol. The van der Waals surface area contributed by atoms with Gasteiger partial charge in [-0.25, -0.2) is 12.8 Å². The molecule has 0 aromatic heterocycles. The van der Waals surface area contributed by atoms with E-state index >= 15 is 0 Å². The molecule has 0 spiro atoms. The molecule has 140 valence electrons. The third-order valence-electron chi connectivity index (χ3n) is 3.86. The van der Waals surface area contributed by atoms with Crippen molar-refractivity contribution >= 4 is 38.9 Å². The summed E-state index contributed by atoms with van der Waals surface area (Å²) in [4.78, 5) is 12.7. The number of amides is 1. The second kappa shape index (κ2) is 8.05. The molecule has 0 bridgehead atoms. The van der Waals surface area contributed by atoms with E-state index in [9.17, 15) is 17.6 Å². The molecular weight excluding hydrogens is 379 g/mol. The van der Waals surface area contributed by atoms with Crippen molar-refractivity contribution in [2.24, 2.45) is 0 Å². The maximum atomic E-state index is 14.2. The van der Waals surface area contributed by atoms with Crippen LogP contribution >= 0.6 is 11.6 Å². The first-order chi connectivity index (χ1) is 12.1. The fourth-order valence-corrected chi connectivity index (χ4v) is 3.96. The number of hydrogen-bond acceptors (Lipinski definition) is 3. The lowest BCUT2D eigenvalue weighted by atomic mass is 10.1. The van der Waals surface area contributed by atoms with Crippen LogP contribution in [0.3, 0.4) is 0 Å². The fraction of sp³-hybridized carbons (Fsp3) is 0.278. The Hall–Kier alpha value is -2.12. The van der Waals surface area contributed by atoms with E-state index in [-0.39, 0.29) is 12.1 Å². The highest BCUT2D eigenvalue weighted by Gasteiger charge is 2.33. The number of carbonyl (C=O) groups excluding carboxylic acids is 1. The molecule has 2 rings (SSSR count). The van der Waals surface area contributed by atoms with Crippen LogP contribution in [-0.2, 0) is 14.8 Å². The van der Waals surface area contributed by atoms with Crippen molar-refractivity contribution in [3.63, 3.8) is 0 Å². The predicted octanol–water partition coefficient (Wildman–Crippen LogP) is 3.97. The number of hydrogen-bond donors (Lipinski definition) is 1. The van der Waals surface area contributed by atoms with E-state index in [0.717, 1.165) is 22.2 Å². The fourth-order valence-electron chi connectivity index (χ4n) is 2.56. The smallest absolute Gasteiger partial charge is 0.248 e. The Morgan fingerprint density at radius 3 is 2.46 bits per heavy atom. The topological polar surface area (TPSA) is 66.5 Å². The van der Waals surface area contributed by atoms with Crippen LogP contribution in [0.4, 0.5) is 15.8 Å². The Balaban J connectivity index is 2.40. The van der Waals surface area contributed by atoms with Crippen LogP contribution in [-0.4, -0.2) is 26.6 Å². The minimum atomic E-state index is -3.90. The van der Waals surface area contributed by atoms with Crippen LogP contribution in [0.2, 0.25) is 5.02 Å². The summed E-state index contributed by atoms with van der Waals surface area (Å²) in [6, 6.07) is 9.32. The van der Waals surface area contributed by atoms with Gasteiger partial charge in [-0.1, -0.05) is 36.7 Å². The lowest BCUT2D eigenvalue weighted by Gasteiger charge is -2.30. The SMILES string of the molecule is CCC(C(=O)Nc1ccc(C)c(Cl)c1)N(c1ccccc1F)S(C)(=O)=O. The lowest BCUT2D eigenvalue weighted by Crippen LogP contribution is -2.47. The normalized spacial score (nSPS) is 12.5. The van der Waals surface area contributed by atoms with E-state index in [2.05, 4.69) is 5.32 Å². The first-order valence-electron chi connectivity index (χ1n) is 7.96. The van der Waals surface area contributed by atoms with E-state index in [4.69, 9.17) is 11.6 Å². The van der Waals surface area contributed by atoms with E-state index in [0.29, 0.717) is 10.7 Å². The summed E-state index contributed by atoms with van der Waals surface area (Å²) in [5.74, 6) is -1.29. The van der Waals surface area contributed by atoms with Crippen LogP contribution in [0.1, 0.15) is 18.9 Å². The number of rotatable bonds is 6. The van der Waals surface area contributed by atoms with E-state index in [1.165, 1.54) is 18.2 Å². The van der Waals surface area contributed by atoms with Gasteiger partial charge in [0.25, 0.3) is 0 Å². The van der Waals surface area contributed by atoms with Crippen LogP contribution in [0.15, 0.2) is 42.5 Å². The first kappa shape index (κ1) is 20.2. The zero-order valence-corrected chi connectivity index (χ0v) is 16.2. The highest BCUT2D eigenvalue weighted by molar-refractivity contribution is 7.92. The summed E-state index contributed by atoms with van der Waals surface area (Å²) in [7, 11) is -3.90. The molecule has 1 amide bonds. The molecule has 1 atom stereocenters. The number of anilines is 2. The van der Waals surface area contributed by atoms with Gasteiger partial charge in [0.2, 0.25) is 15.9 Å². The Labute approximate surface area is 157 Å². The third-order valence-corrected chi connectivity index (χ3v) is 5.43. The quantitative estimate of drug-likeness (QED) is 0.800. The maximum Gasteiger partial charge on any atom is 0.248 e. The highest BCUT2D eigenvalue weighted by Crippen LogP contribution is 2.26. The molecular formula is C18H20ClFN2O3S. The molecule has 1 N–H and O–H groups in total. The number of sulfonamides is 1. The lowest BCUT2D eigenvalue weighted by molar-refractivity contribution is -0.117. The number of carbonyl (C=O) groups is 1. The van der Waals surface area contributed by atoms with Crippen molar-refractivity contribution in [1.29, 1.82) is 0 Å². The summed E-state index contributed by atoms with van der Waals surface area (Å²) in [6.07, 6.45) is 1.10. The molecule has 0 aliphatic heterocycles. The molecule has 2 aromatic rings. The molecule has 26 heavy (non-hydrogen) atoms. The average molecular weight is 399 g/mol. The molecule has 0 radical (unpaired) electrons. The van der Waals surface area contributed by atoms with Crippen LogP contribution < -0.4 is 9.62 Å². The molecule has 0 fully saturated rings. The number of benzene rings is 2. The molecule has 8 heteroatoms. The van der Waals surface area contributed by atoms with E-state index in [1.54, 1.807) is 25.1 Å². The van der Waals surface area contributed by atoms with E-state index < -0.39 is 27.8 Å². The molecule has 0 aliphatic rings. The van der Waals surface area contributed by atoms with Crippen molar-refractivity contribution < 1.29 is 17.6 Å². The van der Waals surface area contributed by atoms with Gasteiger partial charge >= 0.3 is 0 Å². The van der Waals surface area contributed by atoms with Crippen molar-refractivity contribution in [3.05, 3.63) is 58.9 Å². The van der Waals surface area contributed by atoms with Gasteiger partial charge in [0.1, 0.15) is 11.9 Å². The molecule has 2 aromatic carbocycles. The van der Waals surface area contributed by atoms with Gasteiger partial charge < -0.3 is 5.32 Å². The van der Waals surface area contributed by atoms with Crippen molar-refractivity contribution in [2.45, 2.75) is 26.3 Å². The average Bonchev–Trinajstić information content (AvgIpc) is 2.55. The Kier molecular flexibility index (Phi) is 6.26. The molecule has 0 saturated carbocycles. The number of nitrogens with zero attached hydrogens (tertiary/aromatic N) is 1. The standard InChI is InChI=1S/C18H20ClFN2O3S/c1-4-16(18(23)21-13-10-9-12(2)14(19)11-13)22(26(3,24)25)17-8-6-5-7-15(17)20/h5-11,16H,4H2,1-3H3,(H,21,23). The number of aryl methyl sites for hydroxylation is 1. The number of para-hydroxylation sites is 1. The molecule has 1 unspecified atom stereocenters. The summed E-state index contributed by atoms with van der Waals surface area (Å²) in [5.41, 5.74) is 1.12. The van der Waals surface area contributed by atoms with E-state index in [1.807, 2.05) is 6.92 Å². The molecule has 0 aliphatic carbocycles. The highest BCUT2D eigenvalue weighted by atomic mass is 35.5. The minimum Gasteiger partial charge on any atom is -0.324 e. The summed E-state index contributed by atoms with van der Waals surface area (Å²) < 4.78 is 39.6. The van der Waals surface area contributed by atoms with Gasteiger partial charge in [-0.2, -0.15) is 0 Å². The monoisotopic (exact) mass is 398 g/mol. The third kappa shape index (κ3) is 4.53. The zero-order valence-electron chi connectivity index (χ0n) is 14.7. The summed E-state index contributed by atoms with van der Waals surface area (Å²) in [6.45, 7) is 3.48. The maximum absolute atomic E-state index is 14.2. The van der Waals surface area contributed by atoms with Gasteiger partial charge in [0.15, 0.2) is 0 Å². The Bertz CT molecular complexity index is 918. The number of halogens is 2. The van der Waals surface area contributed by atoms with Gasteiger partial charge in [0, 0.05) is 10.7 Å². The summed E-state index contributed by atoms with van der Waals surface area (Å²) in [5, 5.41) is 3.13. The Morgan fingerprint density at radius 2 is 1.92 bits per heavy atom. The zero-order chi connectivity index (χ0) is 19.5. The summed E-state index contributed by atoms with van der Waals surface area (Å²) >= 11 is 6.06. The molecule has 5 nitrogen and oxygen atoms in total. The van der Waals surface area contributed by atoms with Gasteiger partial charge in [0.05, 0.1) is 11.9 Å². The van der Waals surface area contributed by atoms with Crippen LogP contribution in [0.25, 0.3) is 0 Å². The van der Waals surface area contributed by atoms with Crippen molar-refractivity contribution in [3.8, 4) is 0 Å². The van der Waals surface area contributed by atoms with Gasteiger partial charge in [-0.05, 0) is 43.2 Å². The second-order valence-electron chi connectivity index (χ2n) is 5.89. The van der Waals surface area contributed by atoms with Crippen LogP contribution in [0.5, 0.6) is 0 Å². The first-order valence-corrected chi connectivity index (χ1v) is 10.2. The van der Waals surface area contributed by atoms with Crippen molar-refractivity contribution in [2.75, 3.05) is 15.9 Å². The van der Waals surface area contributed by atoms with Crippen molar-refractivity contribution in [1.82, 2.24) is 0 Å². The van der Waals surface area contributed by atoms with Crippen LogP contribution in [0, 0.1) is 12.7 Å². The molecule has 0 heterocycles. The minimum absolute atomic E-state index is 0.160. The Morgan fingerprint density at radius 1 is 1.27 bits per heavy atom. The molecule has 0 saturated heterocycles. The van der Waals surface area contributed by atoms with Gasteiger partial charge in [-0.15, -0.1) is 0 Å². The largest absolute Gasteiger partial charge is 0.324 e. The van der Waals surface area contributed by atoms with Gasteiger partial charge in [-0.3, -0.25) is 9.10 Å².